The number of carbonyl (C=O) groups is 2. The molecule has 21 heavy (non-hydrogen) atoms. The molecule has 0 radical (unpaired) electrons. The van der Waals surface area contributed by atoms with Crippen molar-refractivity contribution in [2.45, 2.75) is 33.3 Å². The summed E-state index contributed by atoms with van der Waals surface area (Å²) in [5, 5.41) is 2.51. The van der Waals surface area contributed by atoms with Crippen molar-refractivity contribution in [3.63, 3.8) is 0 Å². The Bertz CT molecular complexity index is 486. The minimum atomic E-state index is -3.69. The maximum absolute atomic E-state index is 11.7. The molecule has 1 saturated heterocycles. The number of hydrogen-bond donors (Lipinski definition) is 1. The lowest BCUT2D eigenvalue weighted by molar-refractivity contribution is -0.118. The van der Waals surface area contributed by atoms with Gasteiger partial charge in [0.25, 0.3) is 10.1 Å². The SMILES string of the molecule is CC(=O)NCCCS(=O)(=O)OCC(C)(C)C1COC(=O)O1. The second kappa shape index (κ2) is 7.08. The highest BCUT2D eigenvalue weighted by Crippen LogP contribution is 2.28. The molecule has 0 spiro atoms. The van der Waals surface area contributed by atoms with Crippen LogP contribution >= 0.6 is 0 Å². The summed E-state index contributed by atoms with van der Waals surface area (Å²) in [4.78, 5) is 21.5. The van der Waals surface area contributed by atoms with Gasteiger partial charge in [-0.2, -0.15) is 8.42 Å². The zero-order chi connectivity index (χ0) is 16.1. The van der Waals surface area contributed by atoms with Crippen molar-refractivity contribution in [1.82, 2.24) is 5.32 Å². The molecule has 0 aromatic carbocycles. The Kier molecular flexibility index (Phi) is 5.97. The highest BCUT2D eigenvalue weighted by atomic mass is 32.2. The molecule has 0 aromatic rings. The number of rotatable bonds is 8. The smallest absolute Gasteiger partial charge is 0.430 e. The Morgan fingerprint density at radius 3 is 2.67 bits per heavy atom. The second-order valence-corrected chi connectivity index (χ2v) is 7.28. The highest BCUT2D eigenvalue weighted by molar-refractivity contribution is 7.86. The summed E-state index contributed by atoms with van der Waals surface area (Å²) < 4.78 is 38.0. The number of ether oxygens (including phenoxy) is 2. The van der Waals surface area contributed by atoms with Gasteiger partial charge >= 0.3 is 6.16 Å². The van der Waals surface area contributed by atoms with Crippen LogP contribution in [-0.2, 0) is 28.6 Å². The molecule has 0 bridgehead atoms. The molecule has 0 saturated carbocycles. The molecule has 8 nitrogen and oxygen atoms in total. The van der Waals surface area contributed by atoms with Crippen LogP contribution in [0.1, 0.15) is 27.2 Å². The van der Waals surface area contributed by atoms with Gasteiger partial charge < -0.3 is 14.8 Å². The zero-order valence-corrected chi connectivity index (χ0v) is 13.2. The van der Waals surface area contributed by atoms with Gasteiger partial charge in [0.1, 0.15) is 12.7 Å². The maximum Gasteiger partial charge on any atom is 0.508 e. The van der Waals surface area contributed by atoms with E-state index in [0.717, 1.165) is 0 Å². The topological polar surface area (TPSA) is 108 Å². The number of hydrogen-bond acceptors (Lipinski definition) is 7. The molecular weight excluding hydrogens is 302 g/mol. The summed E-state index contributed by atoms with van der Waals surface area (Å²) in [5.74, 6) is -0.401. The monoisotopic (exact) mass is 323 g/mol. The molecular formula is C12H21NO7S. The van der Waals surface area contributed by atoms with Crippen molar-refractivity contribution in [3.8, 4) is 0 Å². The average Bonchev–Trinajstić information content (AvgIpc) is 2.80. The molecule has 0 aliphatic carbocycles. The molecule has 1 unspecified atom stereocenters. The van der Waals surface area contributed by atoms with Crippen LogP contribution in [0, 0.1) is 5.41 Å². The number of amides is 1. The first kappa shape index (κ1) is 17.7. The molecule has 1 aliphatic rings. The van der Waals surface area contributed by atoms with Gasteiger partial charge in [0.05, 0.1) is 12.4 Å². The first-order valence-corrected chi connectivity index (χ1v) is 8.15. The van der Waals surface area contributed by atoms with Gasteiger partial charge in [-0.1, -0.05) is 13.8 Å². The van der Waals surface area contributed by atoms with E-state index in [9.17, 15) is 18.0 Å². The fraction of sp³-hybridized carbons (Fsp3) is 0.833. The molecule has 1 rings (SSSR count). The van der Waals surface area contributed by atoms with Crippen LogP contribution in [0.3, 0.4) is 0 Å². The van der Waals surface area contributed by atoms with Gasteiger partial charge in [-0.05, 0) is 6.42 Å². The lowest BCUT2D eigenvalue weighted by Gasteiger charge is -2.27. The number of nitrogens with one attached hydrogen (secondary N) is 1. The van der Waals surface area contributed by atoms with Gasteiger partial charge in [-0.15, -0.1) is 0 Å². The van der Waals surface area contributed by atoms with E-state index in [4.69, 9.17) is 8.92 Å². The first-order chi connectivity index (χ1) is 9.62. The minimum Gasteiger partial charge on any atom is -0.430 e. The maximum atomic E-state index is 11.7. The van der Waals surface area contributed by atoms with Crippen LogP contribution in [0.15, 0.2) is 0 Å². The van der Waals surface area contributed by atoms with Crippen LogP contribution < -0.4 is 5.32 Å². The third-order valence-corrected chi connectivity index (χ3v) is 4.28. The average molecular weight is 323 g/mol. The van der Waals surface area contributed by atoms with E-state index >= 15 is 0 Å². The van der Waals surface area contributed by atoms with Crippen molar-refractivity contribution in [2.24, 2.45) is 5.41 Å². The Morgan fingerprint density at radius 2 is 2.14 bits per heavy atom. The summed E-state index contributed by atoms with van der Waals surface area (Å²) in [5.41, 5.74) is -0.684. The molecule has 0 aromatic heterocycles. The van der Waals surface area contributed by atoms with Crippen LogP contribution in [0.4, 0.5) is 4.79 Å². The minimum absolute atomic E-state index is 0.0811. The third-order valence-electron chi connectivity index (χ3n) is 3.02. The predicted octanol–water partition coefficient (Wildman–Crippen LogP) is 0.421. The Hall–Kier alpha value is -1.35. The van der Waals surface area contributed by atoms with Crippen LogP contribution in [0.5, 0.6) is 0 Å². The fourth-order valence-electron chi connectivity index (χ4n) is 1.62. The van der Waals surface area contributed by atoms with Crippen LogP contribution in [-0.4, -0.2) is 52.1 Å². The van der Waals surface area contributed by atoms with Gasteiger partial charge in [-0.25, -0.2) is 4.79 Å². The largest absolute Gasteiger partial charge is 0.508 e. The van der Waals surface area contributed by atoms with Gasteiger partial charge in [0.15, 0.2) is 0 Å². The summed E-state index contributed by atoms with van der Waals surface area (Å²) in [6.45, 7) is 5.06. The highest BCUT2D eigenvalue weighted by Gasteiger charge is 2.39. The fourth-order valence-corrected chi connectivity index (χ4v) is 2.72. The molecule has 1 N–H and O–H groups in total. The number of cyclic esters (lactones) is 2. The quantitative estimate of drug-likeness (QED) is 0.392. The van der Waals surface area contributed by atoms with Crippen molar-refractivity contribution >= 4 is 22.2 Å². The van der Waals surface area contributed by atoms with Crippen molar-refractivity contribution in [3.05, 3.63) is 0 Å². The molecule has 1 amide bonds. The third kappa shape index (κ3) is 6.30. The standard InChI is InChI=1S/C12H21NO7S/c1-9(14)13-5-4-6-21(16,17)19-8-12(2,3)10-7-18-11(15)20-10/h10H,4-8H2,1-3H3,(H,13,14). The predicted molar refractivity (Wildman–Crippen MR) is 73.0 cm³/mol. The first-order valence-electron chi connectivity index (χ1n) is 6.57. The van der Waals surface area contributed by atoms with Gasteiger partial charge in [0, 0.05) is 18.9 Å². The second-order valence-electron chi connectivity index (χ2n) is 5.52. The van der Waals surface area contributed by atoms with Crippen molar-refractivity contribution in [2.75, 3.05) is 25.5 Å². The van der Waals surface area contributed by atoms with E-state index in [0.29, 0.717) is 0 Å². The van der Waals surface area contributed by atoms with E-state index in [2.05, 4.69) is 10.1 Å². The Morgan fingerprint density at radius 1 is 1.48 bits per heavy atom. The van der Waals surface area contributed by atoms with E-state index in [1.54, 1.807) is 13.8 Å². The molecule has 1 heterocycles. The van der Waals surface area contributed by atoms with Crippen LogP contribution in [0.2, 0.25) is 0 Å². The molecule has 9 heteroatoms. The Balaban J connectivity index is 2.37. The number of carbonyl (C=O) groups excluding carboxylic acids is 2. The lowest BCUT2D eigenvalue weighted by Crippen LogP contribution is -2.37. The summed E-state index contributed by atoms with van der Waals surface area (Å²) >= 11 is 0. The Labute approximate surface area is 124 Å². The van der Waals surface area contributed by atoms with Crippen LogP contribution in [0.25, 0.3) is 0 Å². The van der Waals surface area contributed by atoms with E-state index in [1.165, 1.54) is 6.92 Å². The molecule has 1 aliphatic heterocycles. The van der Waals surface area contributed by atoms with E-state index < -0.39 is 27.8 Å². The molecule has 1 fully saturated rings. The van der Waals surface area contributed by atoms with Gasteiger partial charge in [0.2, 0.25) is 5.91 Å². The molecule has 1 atom stereocenters. The summed E-state index contributed by atoms with van der Waals surface area (Å²) in [7, 11) is -3.69. The normalized spacial score (nSPS) is 19.0. The van der Waals surface area contributed by atoms with E-state index in [1.807, 2.05) is 0 Å². The van der Waals surface area contributed by atoms with Crippen molar-refractivity contribution in [1.29, 1.82) is 0 Å². The van der Waals surface area contributed by atoms with E-state index in [-0.39, 0.29) is 37.8 Å². The van der Waals surface area contributed by atoms with Crippen molar-refractivity contribution < 1.29 is 31.7 Å². The zero-order valence-electron chi connectivity index (χ0n) is 12.4. The summed E-state index contributed by atoms with van der Waals surface area (Å²) in [6.07, 6.45) is -1.03. The lowest BCUT2D eigenvalue weighted by atomic mass is 9.88. The van der Waals surface area contributed by atoms with Gasteiger partial charge in [-0.3, -0.25) is 8.98 Å². The molecule has 122 valence electrons. The summed E-state index contributed by atoms with van der Waals surface area (Å²) in [6, 6.07) is 0.